The van der Waals surface area contributed by atoms with E-state index in [0.717, 1.165) is 13.0 Å². The van der Waals surface area contributed by atoms with Gasteiger partial charge in [-0.05, 0) is 6.42 Å². The smallest absolute Gasteiger partial charge is 0.0908 e. The lowest BCUT2D eigenvalue weighted by molar-refractivity contribution is 0.0462. The first-order valence-electron chi connectivity index (χ1n) is 4.63. The Labute approximate surface area is 79.9 Å². The zero-order chi connectivity index (χ0) is 9.23. The van der Waals surface area contributed by atoms with Crippen molar-refractivity contribution < 1.29 is 9.84 Å². The second-order valence-corrected chi connectivity index (χ2v) is 3.25. The van der Waals surface area contributed by atoms with E-state index < -0.39 is 6.10 Å². The van der Waals surface area contributed by atoms with E-state index in [-0.39, 0.29) is 5.88 Å². The molecule has 12 heavy (non-hydrogen) atoms. The minimum absolute atomic E-state index is 0.259. The molecule has 0 saturated heterocycles. The van der Waals surface area contributed by atoms with Crippen LogP contribution in [0.2, 0.25) is 0 Å². The van der Waals surface area contributed by atoms with E-state index in [2.05, 4.69) is 6.92 Å². The molecule has 1 N–H and O–H groups in total. The van der Waals surface area contributed by atoms with Crippen molar-refractivity contribution in [3.05, 3.63) is 0 Å². The maximum Gasteiger partial charge on any atom is 0.0908 e. The highest BCUT2D eigenvalue weighted by Gasteiger charge is 2.00. The summed E-state index contributed by atoms with van der Waals surface area (Å²) in [7, 11) is 0. The second kappa shape index (κ2) is 9.30. The number of aliphatic hydroxyl groups excluding tert-OH is 1. The van der Waals surface area contributed by atoms with Gasteiger partial charge in [0.1, 0.15) is 0 Å². The SMILES string of the molecule is CCCCCCOC[C@@H](O)CCl. The molecular formula is C9H19ClO2. The van der Waals surface area contributed by atoms with E-state index >= 15 is 0 Å². The van der Waals surface area contributed by atoms with Crippen LogP contribution in [0.1, 0.15) is 32.6 Å². The Morgan fingerprint density at radius 3 is 2.67 bits per heavy atom. The van der Waals surface area contributed by atoms with Crippen LogP contribution in [-0.2, 0) is 4.74 Å². The summed E-state index contributed by atoms with van der Waals surface area (Å²) in [6, 6.07) is 0. The van der Waals surface area contributed by atoms with Gasteiger partial charge < -0.3 is 9.84 Å². The molecule has 1 atom stereocenters. The third-order valence-electron chi connectivity index (χ3n) is 1.63. The number of aliphatic hydroxyl groups is 1. The summed E-state index contributed by atoms with van der Waals surface area (Å²) >= 11 is 5.38. The first kappa shape index (κ1) is 12.2. The Morgan fingerprint density at radius 2 is 2.08 bits per heavy atom. The maximum absolute atomic E-state index is 9.00. The molecule has 0 aromatic rings. The van der Waals surface area contributed by atoms with Crippen LogP contribution >= 0.6 is 11.6 Å². The standard InChI is InChI=1S/C9H19ClO2/c1-2-3-4-5-6-12-8-9(11)7-10/h9,11H,2-8H2,1H3/t9-/m0/s1. The number of alkyl halides is 1. The molecule has 0 radical (unpaired) electrons. The predicted molar refractivity (Wildman–Crippen MR) is 51.7 cm³/mol. The van der Waals surface area contributed by atoms with E-state index in [4.69, 9.17) is 21.4 Å². The summed E-state index contributed by atoms with van der Waals surface area (Å²) in [6.07, 6.45) is 4.31. The molecule has 3 heteroatoms. The summed E-state index contributed by atoms with van der Waals surface area (Å²) in [4.78, 5) is 0. The molecule has 0 aliphatic rings. The van der Waals surface area contributed by atoms with Crippen LogP contribution in [0.5, 0.6) is 0 Å². The molecule has 0 heterocycles. The zero-order valence-corrected chi connectivity index (χ0v) is 8.52. The van der Waals surface area contributed by atoms with Gasteiger partial charge in [-0.2, -0.15) is 0 Å². The molecule has 0 fully saturated rings. The van der Waals surface area contributed by atoms with Gasteiger partial charge in [0.15, 0.2) is 0 Å². The van der Waals surface area contributed by atoms with Crippen molar-refractivity contribution in [2.45, 2.75) is 38.7 Å². The fourth-order valence-corrected chi connectivity index (χ4v) is 0.984. The molecule has 0 amide bonds. The summed E-state index contributed by atoms with van der Waals surface area (Å²) in [5.41, 5.74) is 0. The van der Waals surface area contributed by atoms with Crippen molar-refractivity contribution in [2.75, 3.05) is 19.1 Å². The van der Waals surface area contributed by atoms with Crippen LogP contribution in [0.15, 0.2) is 0 Å². The fourth-order valence-electron chi connectivity index (χ4n) is 0.895. The lowest BCUT2D eigenvalue weighted by Gasteiger charge is -2.07. The average Bonchev–Trinajstić information content (AvgIpc) is 2.10. The summed E-state index contributed by atoms with van der Waals surface area (Å²) in [5.74, 6) is 0.259. The molecule has 0 aliphatic heterocycles. The lowest BCUT2D eigenvalue weighted by Crippen LogP contribution is -2.17. The van der Waals surface area contributed by atoms with E-state index in [9.17, 15) is 0 Å². The molecule has 0 aromatic carbocycles. The molecule has 2 nitrogen and oxygen atoms in total. The zero-order valence-electron chi connectivity index (χ0n) is 7.76. The highest BCUT2D eigenvalue weighted by Crippen LogP contribution is 1.99. The molecular weight excluding hydrogens is 176 g/mol. The number of halogens is 1. The van der Waals surface area contributed by atoms with E-state index in [1.807, 2.05) is 0 Å². The van der Waals surface area contributed by atoms with Gasteiger partial charge in [0.2, 0.25) is 0 Å². The molecule has 0 aromatic heterocycles. The number of rotatable bonds is 8. The Hall–Kier alpha value is 0.210. The van der Waals surface area contributed by atoms with Crippen LogP contribution in [0.25, 0.3) is 0 Å². The third-order valence-corrected chi connectivity index (χ3v) is 1.99. The van der Waals surface area contributed by atoms with Crippen molar-refractivity contribution in [3.8, 4) is 0 Å². The molecule has 0 spiro atoms. The van der Waals surface area contributed by atoms with E-state index in [1.165, 1.54) is 19.3 Å². The number of unbranched alkanes of at least 4 members (excludes halogenated alkanes) is 3. The Morgan fingerprint density at radius 1 is 1.33 bits per heavy atom. The van der Waals surface area contributed by atoms with Gasteiger partial charge in [0.05, 0.1) is 18.6 Å². The van der Waals surface area contributed by atoms with Crippen LogP contribution in [0.3, 0.4) is 0 Å². The fraction of sp³-hybridized carbons (Fsp3) is 1.00. The minimum atomic E-state index is -0.502. The third kappa shape index (κ3) is 8.31. The molecule has 0 saturated carbocycles. The Balaban J connectivity index is 2.90. The quantitative estimate of drug-likeness (QED) is 0.474. The summed E-state index contributed by atoms with van der Waals surface area (Å²) in [6.45, 7) is 3.29. The summed E-state index contributed by atoms with van der Waals surface area (Å²) in [5, 5.41) is 9.00. The Kier molecular flexibility index (Phi) is 9.46. The second-order valence-electron chi connectivity index (χ2n) is 2.94. The number of hydrogen-bond donors (Lipinski definition) is 1. The highest BCUT2D eigenvalue weighted by atomic mass is 35.5. The van der Waals surface area contributed by atoms with Crippen molar-refractivity contribution in [1.82, 2.24) is 0 Å². The van der Waals surface area contributed by atoms with Gasteiger partial charge in [-0.1, -0.05) is 26.2 Å². The van der Waals surface area contributed by atoms with Crippen LogP contribution < -0.4 is 0 Å². The Bertz CT molecular complexity index is 88.6. The molecule has 0 aliphatic carbocycles. The normalized spacial score (nSPS) is 13.2. The van der Waals surface area contributed by atoms with Crippen molar-refractivity contribution in [2.24, 2.45) is 0 Å². The van der Waals surface area contributed by atoms with Crippen molar-refractivity contribution >= 4 is 11.6 Å². The van der Waals surface area contributed by atoms with Gasteiger partial charge in [0.25, 0.3) is 0 Å². The topological polar surface area (TPSA) is 29.5 Å². The van der Waals surface area contributed by atoms with Crippen molar-refractivity contribution in [3.63, 3.8) is 0 Å². The monoisotopic (exact) mass is 194 g/mol. The van der Waals surface area contributed by atoms with Gasteiger partial charge >= 0.3 is 0 Å². The van der Waals surface area contributed by atoms with Crippen LogP contribution in [-0.4, -0.2) is 30.3 Å². The van der Waals surface area contributed by atoms with Crippen molar-refractivity contribution in [1.29, 1.82) is 0 Å². The van der Waals surface area contributed by atoms with Gasteiger partial charge in [-0.3, -0.25) is 0 Å². The minimum Gasteiger partial charge on any atom is -0.389 e. The number of ether oxygens (including phenoxy) is 1. The molecule has 0 rings (SSSR count). The maximum atomic E-state index is 9.00. The number of hydrogen-bond acceptors (Lipinski definition) is 2. The lowest BCUT2D eigenvalue weighted by atomic mass is 10.2. The van der Waals surface area contributed by atoms with Gasteiger partial charge in [-0.25, -0.2) is 0 Å². The first-order valence-corrected chi connectivity index (χ1v) is 5.16. The van der Waals surface area contributed by atoms with Gasteiger partial charge in [0, 0.05) is 6.61 Å². The predicted octanol–water partition coefficient (Wildman–Crippen LogP) is 2.18. The average molecular weight is 195 g/mol. The van der Waals surface area contributed by atoms with E-state index in [1.54, 1.807) is 0 Å². The van der Waals surface area contributed by atoms with Crippen LogP contribution in [0.4, 0.5) is 0 Å². The van der Waals surface area contributed by atoms with Crippen LogP contribution in [0, 0.1) is 0 Å². The molecule has 74 valence electrons. The highest BCUT2D eigenvalue weighted by molar-refractivity contribution is 6.18. The van der Waals surface area contributed by atoms with E-state index in [0.29, 0.717) is 6.61 Å². The molecule has 0 bridgehead atoms. The largest absolute Gasteiger partial charge is 0.389 e. The summed E-state index contributed by atoms with van der Waals surface area (Å²) < 4.78 is 5.20. The first-order chi connectivity index (χ1) is 5.81. The molecule has 0 unspecified atom stereocenters. The van der Waals surface area contributed by atoms with Gasteiger partial charge in [-0.15, -0.1) is 11.6 Å².